The number of nitriles is 1. The molecule has 0 saturated carbocycles. The second kappa shape index (κ2) is 7.23. The van der Waals surface area contributed by atoms with E-state index in [1.807, 2.05) is 0 Å². The van der Waals surface area contributed by atoms with Crippen molar-refractivity contribution in [3.05, 3.63) is 10.4 Å². The summed E-state index contributed by atoms with van der Waals surface area (Å²) in [6.45, 7) is -0.559. The summed E-state index contributed by atoms with van der Waals surface area (Å²) in [5.41, 5.74) is -0.412. The molecule has 1 aromatic rings. The maximum atomic E-state index is 11.2. The number of carboxylic acids is 3. The lowest BCUT2D eigenvalue weighted by Gasteiger charge is -2.18. The molecule has 0 atom stereocenters. The Morgan fingerprint density at radius 2 is 1.70 bits per heavy atom. The van der Waals surface area contributed by atoms with Gasteiger partial charge >= 0.3 is 23.9 Å². The topological polar surface area (TPSA) is 165 Å². The Bertz CT molecular complexity index is 701. The van der Waals surface area contributed by atoms with Gasteiger partial charge in [-0.05, 0) is 0 Å². The molecule has 0 aromatic carbocycles. The van der Waals surface area contributed by atoms with Crippen molar-refractivity contribution < 1.29 is 39.2 Å². The van der Waals surface area contributed by atoms with Crippen molar-refractivity contribution in [2.45, 2.75) is 6.92 Å². The van der Waals surface area contributed by atoms with Gasteiger partial charge in [0.05, 0.1) is 0 Å². The number of aromatic carboxylic acids is 1. The van der Waals surface area contributed by atoms with Gasteiger partial charge in [0.2, 0.25) is 0 Å². The quantitative estimate of drug-likeness (QED) is 0.583. The monoisotopic (exact) mass is 342 g/mol. The molecule has 0 unspecified atom stereocenters. The van der Waals surface area contributed by atoms with Gasteiger partial charge in [-0.2, -0.15) is 5.26 Å². The summed E-state index contributed by atoms with van der Waals surface area (Å²) in [5.74, 6) is -5.67. The Morgan fingerprint density at radius 1 is 1.17 bits per heavy atom. The highest BCUT2D eigenvalue weighted by molar-refractivity contribution is 7.18. The lowest BCUT2D eigenvalue weighted by atomic mass is 10.2. The zero-order valence-electron chi connectivity index (χ0n) is 11.6. The van der Waals surface area contributed by atoms with E-state index in [4.69, 9.17) is 20.1 Å². The van der Waals surface area contributed by atoms with E-state index in [0.717, 1.165) is 11.8 Å². The van der Waals surface area contributed by atoms with Crippen LogP contribution >= 0.6 is 11.3 Å². The molecular formula is C12H10N2O8S. The molecule has 1 rings (SSSR count). The van der Waals surface area contributed by atoms with E-state index in [0.29, 0.717) is 11.3 Å². The summed E-state index contributed by atoms with van der Waals surface area (Å²) in [6, 6.07) is 1.61. The minimum Gasteiger partial charge on any atom is -0.480 e. The SMILES string of the molecule is CC(=O)Oc1c(C(=O)O)sc(N(CC(=O)O)CC(=O)O)c1C#N. The van der Waals surface area contributed by atoms with Gasteiger partial charge in [-0.25, -0.2) is 4.79 Å². The Balaban J connectivity index is 3.51. The summed E-state index contributed by atoms with van der Waals surface area (Å²) < 4.78 is 4.72. The molecule has 1 heterocycles. The summed E-state index contributed by atoms with van der Waals surface area (Å²) >= 11 is 0.453. The van der Waals surface area contributed by atoms with Crippen molar-refractivity contribution in [2.75, 3.05) is 18.0 Å². The van der Waals surface area contributed by atoms with Crippen LogP contribution in [0.15, 0.2) is 0 Å². The molecule has 0 aliphatic heterocycles. The van der Waals surface area contributed by atoms with Crippen molar-refractivity contribution >= 4 is 40.2 Å². The number of thiophene rings is 1. The molecule has 0 saturated heterocycles. The normalized spacial score (nSPS) is 9.74. The van der Waals surface area contributed by atoms with Gasteiger partial charge in [0.15, 0.2) is 10.6 Å². The summed E-state index contributed by atoms with van der Waals surface area (Å²) in [5, 5.41) is 35.8. The number of hydrogen-bond donors (Lipinski definition) is 3. The first-order chi connectivity index (χ1) is 10.7. The molecule has 0 radical (unpaired) electrons. The molecule has 3 N–H and O–H groups in total. The van der Waals surface area contributed by atoms with Crippen molar-refractivity contribution in [1.29, 1.82) is 5.26 Å². The van der Waals surface area contributed by atoms with Crippen molar-refractivity contribution in [3.63, 3.8) is 0 Å². The lowest BCUT2D eigenvalue weighted by molar-refractivity contribution is -0.136. The van der Waals surface area contributed by atoms with Crippen LogP contribution in [0.5, 0.6) is 5.75 Å². The third kappa shape index (κ3) is 4.42. The fourth-order valence-corrected chi connectivity index (χ4v) is 2.65. The molecule has 1 aromatic heterocycles. The van der Waals surface area contributed by atoms with Crippen LogP contribution in [0.25, 0.3) is 0 Å². The van der Waals surface area contributed by atoms with Gasteiger partial charge in [-0.15, -0.1) is 11.3 Å². The Labute approximate surface area is 132 Å². The predicted octanol–water partition coefficient (Wildman–Crippen LogP) is 0.219. The largest absolute Gasteiger partial charge is 0.480 e. The Kier molecular flexibility index (Phi) is 5.63. The van der Waals surface area contributed by atoms with E-state index in [1.165, 1.54) is 0 Å². The van der Waals surface area contributed by atoms with E-state index < -0.39 is 53.2 Å². The maximum absolute atomic E-state index is 11.2. The summed E-state index contributed by atoms with van der Waals surface area (Å²) in [6.07, 6.45) is 0. The minimum atomic E-state index is -1.50. The number of nitrogens with zero attached hydrogens (tertiary/aromatic N) is 2. The highest BCUT2D eigenvalue weighted by Crippen LogP contribution is 2.41. The number of carbonyl (C=O) groups excluding carboxylic acids is 1. The second-order valence-corrected chi connectivity index (χ2v) is 5.09. The number of aliphatic carboxylic acids is 2. The number of carbonyl (C=O) groups is 4. The van der Waals surface area contributed by atoms with Crippen LogP contribution in [0.2, 0.25) is 0 Å². The van der Waals surface area contributed by atoms with Gasteiger partial charge in [0.1, 0.15) is 29.7 Å². The maximum Gasteiger partial charge on any atom is 0.349 e. The number of anilines is 1. The van der Waals surface area contributed by atoms with Gasteiger partial charge in [-0.1, -0.05) is 0 Å². The van der Waals surface area contributed by atoms with Crippen LogP contribution in [-0.2, 0) is 14.4 Å². The van der Waals surface area contributed by atoms with Crippen LogP contribution < -0.4 is 9.64 Å². The van der Waals surface area contributed by atoms with Gasteiger partial charge in [0, 0.05) is 6.92 Å². The predicted molar refractivity (Wildman–Crippen MR) is 74.8 cm³/mol. The van der Waals surface area contributed by atoms with Crippen molar-refractivity contribution in [3.8, 4) is 11.8 Å². The number of ether oxygens (including phenoxy) is 1. The average molecular weight is 342 g/mol. The first-order valence-corrected chi connectivity index (χ1v) is 6.66. The van der Waals surface area contributed by atoms with E-state index in [1.54, 1.807) is 6.07 Å². The molecule has 0 fully saturated rings. The standard InChI is InChI=1S/C12H10N2O8S/c1-5(15)22-9-6(2-13)11(23-10(9)12(20)21)14(3-7(16)17)4-8(18)19/h3-4H2,1H3,(H,16,17)(H,18,19)(H,20,21). The molecule has 0 aliphatic rings. The van der Waals surface area contributed by atoms with Gasteiger partial charge in [-0.3, -0.25) is 14.4 Å². The van der Waals surface area contributed by atoms with E-state index >= 15 is 0 Å². The zero-order valence-corrected chi connectivity index (χ0v) is 12.4. The van der Waals surface area contributed by atoms with Crippen LogP contribution in [-0.4, -0.2) is 52.3 Å². The molecule has 0 spiro atoms. The number of esters is 1. The third-order valence-corrected chi connectivity index (χ3v) is 3.56. The molecule has 11 heteroatoms. The molecule has 10 nitrogen and oxygen atoms in total. The van der Waals surface area contributed by atoms with Crippen LogP contribution in [0.4, 0.5) is 5.00 Å². The highest BCUT2D eigenvalue weighted by Gasteiger charge is 2.29. The van der Waals surface area contributed by atoms with Crippen LogP contribution in [0, 0.1) is 11.3 Å². The Morgan fingerprint density at radius 3 is 2.04 bits per heavy atom. The zero-order chi connectivity index (χ0) is 17.7. The fraction of sp³-hybridized carbons (Fsp3) is 0.250. The molecule has 0 bridgehead atoms. The highest BCUT2D eigenvalue weighted by atomic mass is 32.1. The van der Waals surface area contributed by atoms with E-state index in [2.05, 4.69) is 0 Å². The van der Waals surface area contributed by atoms with Crippen molar-refractivity contribution in [2.24, 2.45) is 0 Å². The first kappa shape index (κ1) is 17.9. The van der Waals surface area contributed by atoms with Crippen LogP contribution in [0.3, 0.4) is 0 Å². The lowest BCUT2D eigenvalue weighted by Crippen LogP contribution is -2.34. The molecule has 0 aliphatic carbocycles. The average Bonchev–Trinajstić information content (AvgIpc) is 2.74. The summed E-state index contributed by atoms with van der Waals surface area (Å²) in [7, 11) is 0. The molecule has 122 valence electrons. The number of rotatable bonds is 7. The first-order valence-electron chi connectivity index (χ1n) is 5.84. The van der Waals surface area contributed by atoms with Gasteiger partial charge in [0.25, 0.3) is 0 Å². The molecule has 0 amide bonds. The second-order valence-electron chi connectivity index (χ2n) is 4.09. The fourth-order valence-electron chi connectivity index (χ4n) is 1.63. The van der Waals surface area contributed by atoms with Gasteiger partial charge < -0.3 is 25.0 Å². The molecular weight excluding hydrogens is 332 g/mol. The smallest absolute Gasteiger partial charge is 0.349 e. The third-order valence-electron chi connectivity index (χ3n) is 2.34. The van der Waals surface area contributed by atoms with E-state index in [9.17, 15) is 24.4 Å². The van der Waals surface area contributed by atoms with Crippen molar-refractivity contribution in [1.82, 2.24) is 0 Å². The molecule has 23 heavy (non-hydrogen) atoms. The number of carboxylic acid groups (broad SMARTS) is 3. The summed E-state index contributed by atoms with van der Waals surface area (Å²) in [4.78, 5) is 44.3. The minimum absolute atomic E-state index is 0.217. The Hall–Kier alpha value is -3.13. The van der Waals surface area contributed by atoms with E-state index in [-0.39, 0.29) is 5.00 Å². The number of hydrogen-bond acceptors (Lipinski definition) is 8. The van der Waals surface area contributed by atoms with Crippen LogP contribution in [0.1, 0.15) is 22.2 Å².